The normalized spacial score (nSPS) is 16.4. The van der Waals surface area contributed by atoms with Crippen molar-refractivity contribution in [2.24, 2.45) is 0 Å². The summed E-state index contributed by atoms with van der Waals surface area (Å²) >= 11 is 0. The molecular weight excluding hydrogens is 224 g/mol. The van der Waals surface area contributed by atoms with Crippen LogP contribution in [0.5, 0.6) is 5.75 Å². The number of hydrogen-bond acceptors (Lipinski definition) is 3. The first-order chi connectivity index (χ1) is 8.83. The van der Waals surface area contributed by atoms with Gasteiger partial charge in [-0.25, -0.2) is 4.98 Å². The number of para-hydroxylation sites is 1. The van der Waals surface area contributed by atoms with E-state index in [9.17, 15) is 5.11 Å². The van der Waals surface area contributed by atoms with Crippen LogP contribution < -0.4 is 0 Å². The van der Waals surface area contributed by atoms with Gasteiger partial charge in [-0.05, 0) is 38.1 Å². The zero-order valence-corrected chi connectivity index (χ0v) is 10.5. The summed E-state index contributed by atoms with van der Waals surface area (Å²) in [6.45, 7) is 3.52. The Hall–Kier alpha value is -1.61. The molecule has 1 aromatic heterocycles. The molecule has 0 aliphatic carbocycles. The predicted octanol–water partition coefficient (Wildman–Crippen LogP) is 2.58. The van der Waals surface area contributed by atoms with E-state index in [-0.39, 0.29) is 5.75 Å². The fourth-order valence-electron chi connectivity index (χ4n) is 2.59. The third kappa shape index (κ3) is 2.31. The van der Waals surface area contributed by atoms with Crippen LogP contribution in [0.2, 0.25) is 0 Å². The largest absolute Gasteiger partial charge is 0.506 e. The van der Waals surface area contributed by atoms with Gasteiger partial charge in [-0.3, -0.25) is 0 Å². The Labute approximate surface area is 107 Å². The predicted molar refractivity (Wildman–Crippen MR) is 72.8 cm³/mol. The lowest BCUT2D eigenvalue weighted by molar-refractivity contribution is 0.342. The maximum atomic E-state index is 9.80. The molecule has 0 radical (unpaired) electrons. The van der Waals surface area contributed by atoms with E-state index in [1.54, 1.807) is 6.07 Å². The van der Waals surface area contributed by atoms with E-state index in [1.807, 2.05) is 18.2 Å². The van der Waals surface area contributed by atoms with Crippen LogP contribution in [0, 0.1) is 0 Å². The molecule has 94 valence electrons. The van der Waals surface area contributed by atoms with Gasteiger partial charge in [0.2, 0.25) is 0 Å². The van der Waals surface area contributed by atoms with E-state index >= 15 is 0 Å². The van der Waals surface area contributed by atoms with Gasteiger partial charge in [0.25, 0.3) is 0 Å². The topological polar surface area (TPSA) is 36.4 Å². The molecule has 1 aliphatic rings. The number of hydrogen-bond donors (Lipinski definition) is 1. The van der Waals surface area contributed by atoms with Crippen molar-refractivity contribution in [3.05, 3.63) is 36.0 Å². The maximum Gasteiger partial charge on any atom is 0.141 e. The summed E-state index contributed by atoms with van der Waals surface area (Å²) in [4.78, 5) is 7.04. The molecular formula is C15H18N2O. The lowest BCUT2D eigenvalue weighted by atomic mass is 10.1. The monoisotopic (exact) mass is 242 g/mol. The van der Waals surface area contributed by atoms with Crippen molar-refractivity contribution >= 4 is 10.9 Å². The van der Waals surface area contributed by atoms with Gasteiger partial charge in [0, 0.05) is 24.0 Å². The molecule has 2 heterocycles. The molecule has 3 rings (SSSR count). The summed E-state index contributed by atoms with van der Waals surface area (Å²) in [6, 6.07) is 9.63. The number of phenolic OH excluding ortho intramolecular Hbond substituents is 1. The number of likely N-dealkylation sites (tertiary alicyclic amines) is 1. The summed E-state index contributed by atoms with van der Waals surface area (Å²) in [5, 5.41) is 10.8. The summed E-state index contributed by atoms with van der Waals surface area (Å²) in [7, 11) is 0. The van der Waals surface area contributed by atoms with Crippen molar-refractivity contribution in [2.45, 2.75) is 19.3 Å². The molecule has 0 spiro atoms. The minimum absolute atomic E-state index is 0.274. The highest BCUT2D eigenvalue weighted by Gasteiger charge is 2.11. The van der Waals surface area contributed by atoms with Gasteiger partial charge < -0.3 is 10.0 Å². The fraction of sp³-hybridized carbons (Fsp3) is 0.400. The van der Waals surface area contributed by atoms with Gasteiger partial charge in [0.05, 0.1) is 0 Å². The molecule has 1 N–H and O–H groups in total. The SMILES string of the molecule is Oc1cccc2ccc(CCN3CCCC3)nc12. The van der Waals surface area contributed by atoms with Crippen molar-refractivity contribution in [2.75, 3.05) is 19.6 Å². The number of aromatic hydroxyl groups is 1. The number of rotatable bonds is 3. The first-order valence-corrected chi connectivity index (χ1v) is 6.63. The van der Waals surface area contributed by atoms with Gasteiger partial charge in [0.15, 0.2) is 0 Å². The van der Waals surface area contributed by atoms with Gasteiger partial charge in [-0.1, -0.05) is 18.2 Å². The van der Waals surface area contributed by atoms with E-state index in [2.05, 4.69) is 16.0 Å². The molecule has 1 fully saturated rings. The van der Waals surface area contributed by atoms with Gasteiger partial charge in [-0.2, -0.15) is 0 Å². The number of phenols is 1. The highest BCUT2D eigenvalue weighted by molar-refractivity contribution is 5.84. The van der Waals surface area contributed by atoms with E-state index in [0.29, 0.717) is 0 Å². The third-order valence-electron chi connectivity index (χ3n) is 3.64. The van der Waals surface area contributed by atoms with Crippen LogP contribution in [0.1, 0.15) is 18.5 Å². The smallest absolute Gasteiger partial charge is 0.141 e. The number of fused-ring (bicyclic) bond motifs is 1. The Balaban J connectivity index is 1.77. The Morgan fingerprint density at radius 2 is 1.94 bits per heavy atom. The lowest BCUT2D eigenvalue weighted by Gasteiger charge is -2.13. The third-order valence-corrected chi connectivity index (χ3v) is 3.64. The molecule has 0 amide bonds. The second-order valence-electron chi connectivity index (χ2n) is 4.95. The molecule has 3 nitrogen and oxygen atoms in total. The van der Waals surface area contributed by atoms with Crippen molar-refractivity contribution < 1.29 is 5.11 Å². The summed E-state index contributed by atoms with van der Waals surface area (Å²) < 4.78 is 0. The second kappa shape index (κ2) is 4.94. The Morgan fingerprint density at radius 1 is 1.11 bits per heavy atom. The van der Waals surface area contributed by atoms with Crippen LogP contribution in [0.4, 0.5) is 0 Å². The van der Waals surface area contributed by atoms with E-state index in [1.165, 1.54) is 25.9 Å². The van der Waals surface area contributed by atoms with E-state index in [0.717, 1.165) is 29.6 Å². The number of benzene rings is 1. The Bertz CT molecular complexity index is 547. The van der Waals surface area contributed by atoms with Crippen molar-refractivity contribution in [3.8, 4) is 5.75 Å². The summed E-state index contributed by atoms with van der Waals surface area (Å²) in [5.41, 5.74) is 1.78. The molecule has 1 saturated heterocycles. The molecule has 0 unspecified atom stereocenters. The zero-order chi connectivity index (χ0) is 12.4. The molecule has 1 aliphatic heterocycles. The summed E-state index contributed by atoms with van der Waals surface area (Å²) in [6.07, 6.45) is 3.61. The van der Waals surface area contributed by atoms with Crippen LogP contribution in [0.15, 0.2) is 30.3 Å². The standard InChI is InChI=1S/C15H18N2O/c18-14-5-3-4-12-6-7-13(16-15(12)14)8-11-17-9-1-2-10-17/h3-7,18H,1-2,8-11H2. The number of pyridine rings is 1. The molecule has 18 heavy (non-hydrogen) atoms. The van der Waals surface area contributed by atoms with Gasteiger partial charge in [0.1, 0.15) is 11.3 Å². The minimum Gasteiger partial charge on any atom is -0.506 e. The van der Waals surface area contributed by atoms with E-state index in [4.69, 9.17) is 0 Å². The molecule has 0 saturated carbocycles. The average molecular weight is 242 g/mol. The fourth-order valence-corrected chi connectivity index (χ4v) is 2.59. The molecule has 0 bridgehead atoms. The van der Waals surface area contributed by atoms with E-state index < -0.39 is 0 Å². The Kier molecular flexibility index (Phi) is 3.15. The minimum atomic E-state index is 0.274. The first-order valence-electron chi connectivity index (χ1n) is 6.63. The summed E-state index contributed by atoms with van der Waals surface area (Å²) in [5.74, 6) is 0.274. The van der Waals surface area contributed by atoms with Crippen LogP contribution in [0.25, 0.3) is 10.9 Å². The van der Waals surface area contributed by atoms with Crippen LogP contribution in [-0.2, 0) is 6.42 Å². The number of aromatic nitrogens is 1. The van der Waals surface area contributed by atoms with Crippen molar-refractivity contribution in [1.29, 1.82) is 0 Å². The lowest BCUT2D eigenvalue weighted by Crippen LogP contribution is -2.22. The molecule has 0 atom stereocenters. The number of nitrogens with zero attached hydrogens (tertiary/aromatic N) is 2. The first kappa shape index (κ1) is 11.5. The molecule has 1 aromatic carbocycles. The van der Waals surface area contributed by atoms with Crippen molar-refractivity contribution in [1.82, 2.24) is 9.88 Å². The van der Waals surface area contributed by atoms with Crippen LogP contribution in [-0.4, -0.2) is 34.6 Å². The highest BCUT2D eigenvalue weighted by Crippen LogP contribution is 2.22. The highest BCUT2D eigenvalue weighted by atomic mass is 16.3. The maximum absolute atomic E-state index is 9.80. The molecule has 3 heteroatoms. The Morgan fingerprint density at radius 3 is 2.78 bits per heavy atom. The average Bonchev–Trinajstić information content (AvgIpc) is 2.90. The van der Waals surface area contributed by atoms with Crippen molar-refractivity contribution in [3.63, 3.8) is 0 Å². The van der Waals surface area contributed by atoms with Crippen LogP contribution >= 0.6 is 0 Å². The second-order valence-corrected chi connectivity index (χ2v) is 4.95. The zero-order valence-electron chi connectivity index (χ0n) is 10.5. The molecule has 2 aromatic rings. The quantitative estimate of drug-likeness (QED) is 0.898. The van der Waals surface area contributed by atoms with Crippen LogP contribution in [0.3, 0.4) is 0 Å². The van der Waals surface area contributed by atoms with Gasteiger partial charge in [-0.15, -0.1) is 0 Å². The van der Waals surface area contributed by atoms with Gasteiger partial charge >= 0.3 is 0 Å².